The highest BCUT2D eigenvalue weighted by atomic mass is 15.3. The molecule has 0 aliphatic rings. The number of hydrogen-bond donors (Lipinski definition) is 2. The Hall–Kier alpha value is -2.18. The van der Waals surface area contributed by atoms with Crippen LogP contribution in [0.15, 0.2) is 18.6 Å². The molecule has 0 spiro atoms. The SMILES string of the molecule is CNc1nccc(NCCc2ncn(C)n2)n1. The van der Waals surface area contributed by atoms with E-state index < -0.39 is 0 Å². The molecule has 90 valence electrons. The first-order chi connectivity index (χ1) is 8.28. The van der Waals surface area contributed by atoms with E-state index in [0.29, 0.717) is 5.95 Å². The number of aryl methyl sites for hydroxylation is 1. The molecule has 0 radical (unpaired) electrons. The molecule has 7 heteroatoms. The minimum atomic E-state index is 0.603. The van der Waals surface area contributed by atoms with E-state index in [1.807, 2.05) is 13.1 Å². The largest absolute Gasteiger partial charge is 0.369 e. The van der Waals surface area contributed by atoms with Crippen LogP contribution in [-0.2, 0) is 13.5 Å². The van der Waals surface area contributed by atoms with Crippen LogP contribution in [0.3, 0.4) is 0 Å². The third-order valence-electron chi connectivity index (χ3n) is 2.18. The van der Waals surface area contributed by atoms with E-state index in [9.17, 15) is 0 Å². The van der Waals surface area contributed by atoms with Crippen LogP contribution in [-0.4, -0.2) is 38.3 Å². The number of nitrogens with zero attached hydrogens (tertiary/aromatic N) is 5. The lowest BCUT2D eigenvalue weighted by Gasteiger charge is -2.04. The predicted molar refractivity (Wildman–Crippen MR) is 64.8 cm³/mol. The molecule has 0 aliphatic heterocycles. The second-order valence-electron chi connectivity index (χ2n) is 3.53. The Bertz CT molecular complexity index is 479. The topological polar surface area (TPSA) is 80.5 Å². The Morgan fingerprint density at radius 2 is 2.24 bits per heavy atom. The average molecular weight is 233 g/mol. The maximum Gasteiger partial charge on any atom is 0.224 e. The second kappa shape index (κ2) is 5.24. The van der Waals surface area contributed by atoms with Gasteiger partial charge in [0, 0.05) is 33.3 Å². The Labute approximate surface area is 99.3 Å². The third-order valence-corrected chi connectivity index (χ3v) is 2.18. The van der Waals surface area contributed by atoms with Gasteiger partial charge in [0.25, 0.3) is 0 Å². The predicted octanol–water partition coefficient (Wildman–Crippen LogP) is 0.301. The second-order valence-corrected chi connectivity index (χ2v) is 3.53. The van der Waals surface area contributed by atoms with Gasteiger partial charge in [0.1, 0.15) is 12.1 Å². The smallest absolute Gasteiger partial charge is 0.224 e. The Morgan fingerprint density at radius 1 is 1.35 bits per heavy atom. The molecule has 0 unspecified atom stereocenters. The maximum absolute atomic E-state index is 4.25. The number of hydrogen-bond acceptors (Lipinski definition) is 6. The van der Waals surface area contributed by atoms with Crippen LogP contribution in [0, 0.1) is 0 Å². The summed E-state index contributed by atoms with van der Waals surface area (Å²) in [5, 5.41) is 10.3. The molecule has 2 aromatic heterocycles. The van der Waals surface area contributed by atoms with Crippen LogP contribution in [0.4, 0.5) is 11.8 Å². The van der Waals surface area contributed by atoms with Crippen LogP contribution in [0.5, 0.6) is 0 Å². The van der Waals surface area contributed by atoms with Crippen molar-refractivity contribution in [1.82, 2.24) is 24.7 Å². The van der Waals surface area contributed by atoms with Gasteiger partial charge in [-0.3, -0.25) is 4.68 Å². The molecule has 0 saturated heterocycles. The van der Waals surface area contributed by atoms with Crippen molar-refractivity contribution in [3.05, 3.63) is 24.4 Å². The fourth-order valence-electron chi connectivity index (χ4n) is 1.38. The van der Waals surface area contributed by atoms with Crippen molar-refractivity contribution in [1.29, 1.82) is 0 Å². The van der Waals surface area contributed by atoms with Crippen molar-refractivity contribution in [2.45, 2.75) is 6.42 Å². The van der Waals surface area contributed by atoms with Crippen molar-refractivity contribution in [3.63, 3.8) is 0 Å². The van der Waals surface area contributed by atoms with E-state index in [4.69, 9.17) is 0 Å². The molecule has 2 heterocycles. The molecule has 0 amide bonds. The monoisotopic (exact) mass is 233 g/mol. The molecule has 17 heavy (non-hydrogen) atoms. The molecule has 2 aromatic rings. The average Bonchev–Trinajstić information content (AvgIpc) is 2.75. The van der Waals surface area contributed by atoms with Crippen molar-refractivity contribution in [2.24, 2.45) is 7.05 Å². The summed E-state index contributed by atoms with van der Waals surface area (Å²) in [5.74, 6) is 2.22. The van der Waals surface area contributed by atoms with Gasteiger partial charge in [-0.1, -0.05) is 0 Å². The van der Waals surface area contributed by atoms with Gasteiger partial charge in [-0.05, 0) is 6.07 Å². The first-order valence-corrected chi connectivity index (χ1v) is 5.37. The lowest BCUT2D eigenvalue weighted by Crippen LogP contribution is -2.08. The third kappa shape index (κ3) is 3.13. The van der Waals surface area contributed by atoms with E-state index in [0.717, 1.165) is 24.6 Å². The van der Waals surface area contributed by atoms with E-state index >= 15 is 0 Å². The summed E-state index contributed by atoms with van der Waals surface area (Å²) in [6, 6.07) is 1.83. The Kier molecular flexibility index (Phi) is 3.49. The first-order valence-electron chi connectivity index (χ1n) is 5.37. The maximum atomic E-state index is 4.25. The zero-order valence-electron chi connectivity index (χ0n) is 9.88. The molecular formula is C10H15N7. The minimum absolute atomic E-state index is 0.603. The standard InChI is InChI=1S/C10H15N7/c1-11-10-13-6-3-8(15-10)12-5-4-9-14-7-17(2)16-9/h3,6-7H,4-5H2,1-2H3,(H2,11,12,13,15). The number of nitrogens with one attached hydrogen (secondary N) is 2. The molecule has 2 rings (SSSR count). The van der Waals surface area contributed by atoms with Gasteiger partial charge in [0.15, 0.2) is 5.82 Å². The summed E-state index contributed by atoms with van der Waals surface area (Å²) in [4.78, 5) is 12.4. The molecule has 0 bridgehead atoms. The molecule has 2 N–H and O–H groups in total. The summed E-state index contributed by atoms with van der Waals surface area (Å²) in [6.07, 6.45) is 4.17. The Morgan fingerprint density at radius 3 is 2.94 bits per heavy atom. The number of anilines is 2. The van der Waals surface area contributed by atoms with Gasteiger partial charge in [-0.15, -0.1) is 0 Å². The van der Waals surface area contributed by atoms with Gasteiger partial charge < -0.3 is 10.6 Å². The summed E-state index contributed by atoms with van der Waals surface area (Å²) < 4.78 is 1.69. The van der Waals surface area contributed by atoms with Gasteiger partial charge in [0.05, 0.1) is 0 Å². The fraction of sp³-hybridized carbons (Fsp3) is 0.400. The Balaban J connectivity index is 1.85. The van der Waals surface area contributed by atoms with Crippen LogP contribution in [0.2, 0.25) is 0 Å². The number of aromatic nitrogens is 5. The van der Waals surface area contributed by atoms with Crippen molar-refractivity contribution >= 4 is 11.8 Å². The van der Waals surface area contributed by atoms with Crippen LogP contribution in [0.1, 0.15) is 5.82 Å². The quantitative estimate of drug-likeness (QED) is 0.773. The van der Waals surface area contributed by atoms with Crippen LogP contribution >= 0.6 is 0 Å². The van der Waals surface area contributed by atoms with E-state index in [1.54, 1.807) is 24.3 Å². The molecule has 0 fully saturated rings. The van der Waals surface area contributed by atoms with E-state index in [1.165, 1.54) is 0 Å². The van der Waals surface area contributed by atoms with Gasteiger partial charge in [-0.2, -0.15) is 10.1 Å². The van der Waals surface area contributed by atoms with Crippen molar-refractivity contribution in [2.75, 3.05) is 24.2 Å². The van der Waals surface area contributed by atoms with Crippen LogP contribution in [0.25, 0.3) is 0 Å². The van der Waals surface area contributed by atoms with Gasteiger partial charge in [-0.25, -0.2) is 9.97 Å². The molecule has 0 aliphatic carbocycles. The van der Waals surface area contributed by atoms with E-state index in [-0.39, 0.29) is 0 Å². The number of rotatable bonds is 5. The summed E-state index contributed by atoms with van der Waals surface area (Å²) in [6.45, 7) is 0.740. The molecule has 0 saturated carbocycles. The zero-order valence-corrected chi connectivity index (χ0v) is 9.88. The summed E-state index contributed by atoms with van der Waals surface area (Å²) in [7, 11) is 3.64. The fourth-order valence-corrected chi connectivity index (χ4v) is 1.38. The minimum Gasteiger partial charge on any atom is -0.369 e. The highest BCUT2D eigenvalue weighted by Gasteiger charge is 2.00. The highest BCUT2D eigenvalue weighted by Crippen LogP contribution is 2.04. The van der Waals surface area contributed by atoms with Gasteiger partial charge in [0.2, 0.25) is 5.95 Å². The molecule has 0 atom stereocenters. The highest BCUT2D eigenvalue weighted by molar-refractivity contribution is 5.39. The van der Waals surface area contributed by atoms with Gasteiger partial charge >= 0.3 is 0 Å². The van der Waals surface area contributed by atoms with E-state index in [2.05, 4.69) is 30.7 Å². The summed E-state index contributed by atoms with van der Waals surface area (Å²) >= 11 is 0. The molecule has 7 nitrogen and oxygen atoms in total. The summed E-state index contributed by atoms with van der Waals surface area (Å²) in [5.41, 5.74) is 0. The zero-order chi connectivity index (χ0) is 12.1. The molecule has 0 aromatic carbocycles. The van der Waals surface area contributed by atoms with Crippen LogP contribution < -0.4 is 10.6 Å². The lowest BCUT2D eigenvalue weighted by atomic mass is 10.4. The normalized spacial score (nSPS) is 10.2. The van der Waals surface area contributed by atoms with Crippen molar-refractivity contribution < 1.29 is 0 Å². The first kappa shape index (κ1) is 11.3. The van der Waals surface area contributed by atoms with Crippen molar-refractivity contribution in [3.8, 4) is 0 Å². The molecular weight excluding hydrogens is 218 g/mol. The lowest BCUT2D eigenvalue weighted by molar-refractivity contribution is 0.742.